The van der Waals surface area contributed by atoms with Gasteiger partial charge < -0.3 is 15.4 Å². The number of rotatable bonds is 4. The van der Waals surface area contributed by atoms with Gasteiger partial charge in [0, 0.05) is 24.8 Å². The molecule has 138 valence electrons. The maximum Gasteiger partial charge on any atom is 0.313 e. The third kappa shape index (κ3) is 5.30. The Morgan fingerprint density at radius 2 is 1.92 bits per heavy atom. The van der Waals surface area contributed by atoms with Crippen molar-refractivity contribution in [1.29, 1.82) is 0 Å². The first-order chi connectivity index (χ1) is 11.8. The summed E-state index contributed by atoms with van der Waals surface area (Å²) < 4.78 is 5.92. The van der Waals surface area contributed by atoms with E-state index in [0.717, 1.165) is 31.4 Å². The number of aryl methyl sites for hydroxylation is 1. The first-order valence-electron chi connectivity index (χ1n) is 9.11. The van der Waals surface area contributed by atoms with Crippen molar-refractivity contribution in [3.05, 3.63) is 29.8 Å². The summed E-state index contributed by atoms with van der Waals surface area (Å²) in [6.45, 7) is 9.68. The van der Waals surface area contributed by atoms with Crippen molar-refractivity contribution in [2.24, 2.45) is 11.3 Å². The minimum Gasteiger partial charge on any atom is -0.377 e. The first-order valence-corrected chi connectivity index (χ1v) is 9.11. The van der Waals surface area contributed by atoms with Crippen molar-refractivity contribution < 1.29 is 14.3 Å². The number of ether oxygens (including phenoxy) is 1. The number of benzene rings is 1. The predicted molar refractivity (Wildman–Crippen MR) is 99.4 cm³/mol. The van der Waals surface area contributed by atoms with Gasteiger partial charge in [0.2, 0.25) is 0 Å². The summed E-state index contributed by atoms with van der Waals surface area (Å²) in [5, 5.41) is 5.49. The van der Waals surface area contributed by atoms with Crippen molar-refractivity contribution in [2.75, 3.05) is 18.5 Å². The molecule has 0 saturated carbocycles. The topological polar surface area (TPSA) is 67.4 Å². The van der Waals surface area contributed by atoms with Crippen LogP contribution in [0.15, 0.2) is 24.3 Å². The number of carbonyl (C=O) groups is 2. The number of anilines is 1. The van der Waals surface area contributed by atoms with Crippen molar-refractivity contribution in [1.82, 2.24) is 5.32 Å². The summed E-state index contributed by atoms with van der Waals surface area (Å²) in [5.74, 6) is -0.984. The summed E-state index contributed by atoms with van der Waals surface area (Å²) in [6, 6.07) is 7.53. The molecule has 1 fully saturated rings. The van der Waals surface area contributed by atoms with Gasteiger partial charge in [-0.15, -0.1) is 0 Å². The van der Waals surface area contributed by atoms with Gasteiger partial charge >= 0.3 is 11.8 Å². The van der Waals surface area contributed by atoms with E-state index < -0.39 is 11.8 Å². The Hall–Kier alpha value is -1.88. The second kappa shape index (κ2) is 8.48. The van der Waals surface area contributed by atoms with Crippen LogP contribution < -0.4 is 10.6 Å². The van der Waals surface area contributed by atoms with E-state index in [4.69, 9.17) is 4.74 Å². The molecule has 5 heteroatoms. The van der Waals surface area contributed by atoms with Crippen molar-refractivity contribution in [3.8, 4) is 0 Å². The molecule has 25 heavy (non-hydrogen) atoms. The molecule has 0 aliphatic carbocycles. The van der Waals surface area contributed by atoms with Gasteiger partial charge in [-0.3, -0.25) is 9.59 Å². The SMILES string of the molecule is CCc1ccccc1NC(=O)C(=O)NC[C@@H]1CCCO[C@@H]1C(C)(C)C. The Balaban J connectivity index is 1.91. The van der Waals surface area contributed by atoms with Crippen molar-refractivity contribution >= 4 is 17.5 Å². The third-order valence-corrected chi connectivity index (χ3v) is 4.68. The highest BCUT2D eigenvalue weighted by molar-refractivity contribution is 6.39. The smallest absolute Gasteiger partial charge is 0.313 e. The highest BCUT2D eigenvalue weighted by atomic mass is 16.5. The molecular weight excluding hydrogens is 316 g/mol. The van der Waals surface area contributed by atoms with Crippen LogP contribution in [0.2, 0.25) is 0 Å². The van der Waals surface area contributed by atoms with Crippen LogP contribution in [0.4, 0.5) is 5.69 Å². The second-order valence-corrected chi connectivity index (χ2v) is 7.73. The van der Waals surface area contributed by atoms with E-state index in [2.05, 4.69) is 31.4 Å². The van der Waals surface area contributed by atoms with E-state index in [1.165, 1.54) is 0 Å². The van der Waals surface area contributed by atoms with E-state index in [1.54, 1.807) is 0 Å². The monoisotopic (exact) mass is 346 g/mol. The van der Waals surface area contributed by atoms with Gasteiger partial charge in [-0.25, -0.2) is 0 Å². The van der Waals surface area contributed by atoms with Crippen LogP contribution in [0.3, 0.4) is 0 Å². The lowest BCUT2D eigenvalue weighted by molar-refractivity contribution is -0.137. The summed E-state index contributed by atoms with van der Waals surface area (Å²) in [5.41, 5.74) is 1.72. The molecule has 1 aliphatic rings. The zero-order chi connectivity index (χ0) is 18.4. The predicted octanol–water partition coefficient (Wildman–Crippen LogP) is 3.15. The summed E-state index contributed by atoms with van der Waals surface area (Å²) >= 11 is 0. The van der Waals surface area contributed by atoms with Crippen molar-refractivity contribution in [2.45, 2.75) is 53.1 Å². The van der Waals surface area contributed by atoms with E-state index in [9.17, 15) is 9.59 Å². The fourth-order valence-corrected chi connectivity index (χ4v) is 3.44. The molecule has 1 saturated heterocycles. The summed E-state index contributed by atoms with van der Waals surface area (Å²) in [7, 11) is 0. The van der Waals surface area contributed by atoms with Gasteiger partial charge in [0.25, 0.3) is 0 Å². The molecule has 0 bridgehead atoms. The average Bonchev–Trinajstić information content (AvgIpc) is 2.59. The van der Waals surface area contributed by atoms with E-state index in [1.807, 2.05) is 31.2 Å². The van der Waals surface area contributed by atoms with Gasteiger partial charge in [-0.2, -0.15) is 0 Å². The molecule has 1 heterocycles. The Bertz CT molecular complexity index is 607. The molecule has 0 spiro atoms. The van der Waals surface area contributed by atoms with Crippen LogP contribution in [-0.2, 0) is 20.7 Å². The van der Waals surface area contributed by atoms with Gasteiger partial charge in [-0.1, -0.05) is 45.9 Å². The second-order valence-electron chi connectivity index (χ2n) is 7.73. The summed E-state index contributed by atoms with van der Waals surface area (Å²) in [4.78, 5) is 24.4. The van der Waals surface area contributed by atoms with Crippen LogP contribution >= 0.6 is 0 Å². The molecule has 2 rings (SSSR count). The lowest BCUT2D eigenvalue weighted by atomic mass is 9.78. The minimum absolute atomic E-state index is 0.0120. The van der Waals surface area contributed by atoms with Crippen LogP contribution in [0, 0.1) is 11.3 Å². The molecular formula is C20H30N2O3. The standard InChI is InChI=1S/C20H30N2O3/c1-5-14-9-6-7-11-16(14)22-19(24)18(23)21-13-15-10-8-12-25-17(15)20(2,3)4/h6-7,9,11,15,17H,5,8,10,12-13H2,1-4H3,(H,21,23)(H,22,24)/t15-,17-/m0/s1. The van der Waals surface area contributed by atoms with Gasteiger partial charge in [0.1, 0.15) is 0 Å². The zero-order valence-corrected chi connectivity index (χ0v) is 15.7. The molecule has 2 amide bonds. The highest BCUT2D eigenvalue weighted by Gasteiger charge is 2.35. The molecule has 5 nitrogen and oxygen atoms in total. The molecule has 2 N–H and O–H groups in total. The van der Waals surface area contributed by atoms with Gasteiger partial charge in [0.15, 0.2) is 0 Å². The highest BCUT2D eigenvalue weighted by Crippen LogP contribution is 2.33. The maximum absolute atomic E-state index is 12.2. The van der Waals surface area contributed by atoms with Gasteiger partial charge in [0.05, 0.1) is 6.10 Å². The summed E-state index contributed by atoms with van der Waals surface area (Å²) in [6.07, 6.45) is 2.88. The fourth-order valence-electron chi connectivity index (χ4n) is 3.44. The molecule has 1 aromatic carbocycles. The molecule has 0 radical (unpaired) electrons. The van der Waals surface area contributed by atoms with E-state index >= 15 is 0 Å². The Morgan fingerprint density at radius 3 is 2.60 bits per heavy atom. The first kappa shape index (κ1) is 19.4. The van der Waals surface area contributed by atoms with Crippen LogP contribution in [0.5, 0.6) is 0 Å². The van der Waals surface area contributed by atoms with E-state index in [-0.39, 0.29) is 17.4 Å². The molecule has 0 aromatic heterocycles. The molecule has 2 atom stereocenters. The number of amides is 2. The fraction of sp³-hybridized carbons (Fsp3) is 0.600. The van der Waals surface area contributed by atoms with Crippen LogP contribution in [0.25, 0.3) is 0 Å². The third-order valence-electron chi connectivity index (χ3n) is 4.68. The Morgan fingerprint density at radius 1 is 1.20 bits per heavy atom. The number of nitrogens with one attached hydrogen (secondary N) is 2. The van der Waals surface area contributed by atoms with Gasteiger partial charge in [-0.05, 0) is 36.3 Å². The quantitative estimate of drug-likeness (QED) is 0.823. The molecule has 1 aliphatic heterocycles. The van der Waals surface area contributed by atoms with Crippen molar-refractivity contribution in [3.63, 3.8) is 0 Å². The number of para-hydroxylation sites is 1. The Labute approximate surface area is 150 Å². The molecule has 1 aromatic rings. The van der Waals surface area contributed by atoms with E-state index in [0.29, 0.717) is 12.2 Å². The molecule has 0 unspecified atom stereocenters. The zero-order valence-electron chi connectivity index (χ0n) is 15.7. The number of carbonyl (C=O) groups excluding carboxylic acids is 2. The lowest BCUT2D eigenvalue weighted by Gasteiger charge is -2.40. The minimum atomic E-state index is -0.620. The largest absolute Gasteiger partial charge is 0.377 e. The lowest BCUT2D eigenvalue weighted by Crippen LogP contribution is -2.46. The Kier molecular flexibility index (Phi) is 6.59. The average molecular weight is 346 g/mol. The van der Waals surface area contributed by atoms with Crippen LogP contribution in [-0.4, -0.2) is 31.1 Å². The maximum atomic E-state index is 12.2. The number of hydrogen-bond donors (Lipinski definition) is 2. The number of hydrogen-bond acceptors (Lipinski definition) is 3. The van der Waals surface area contributed by atoms with Crippen LogP contribution in [0.1, 0.15) is 46.1 Å². The normalized spacial score (nSPS) is 20.8.